The predicted molar refractivity (Wildman–Crippen MR) is 92.5 cm³/mol. The summed E-state index contributed by atoms with van der Waals surface area (Å²) in [7, 11) is 0. The van der Waals surface area contributed by atoms with Crippen LogP contribution in [0.25, 0.3) is 0 Å². The summed E-state index contributed by atoms with van der Waals surface area (Å²) >= 11 is 0. The van der Waals surface area contributed by atoms with Crippen LogP contribution in [0.5, 0.6) is 0 Å². The molecule has 6 atom stereocenters. The van der Waals surface area contributed by atoms with E-state index in [1.165, 1.54) is 0 Å². The highest BCUT2D eigenvalue weighted by atomic mass is 16.7. The molecule has 5 nitrogen and oxygen atoms in total. The van der Waals surface area contributed by atoms with E-state index in [1.54, 1.807) is 0 Å². The molecular formula is C20H30O5. The number of aliphatic hydroxyl groups is 4. The van der Waals surface area contributed by atoms with Crippen LogP contribution in [-0.2, 0) is 4.74 Å². The van der Waals surface area contributed by atoms with Gasteiger partial charge in [0.05, 0.1) is 17.6 Å². The summed E-state index contributed by atoms with van der Waals surface area (Å²) in [5, 5.41) is 46.2. The van der Waals surface area contributed by atoms with Crippen molar-refractivity contribution in [2.24, 2.45) is 16.2 Å². The van der Waals surface area contributed by atoms with E-state index in [0.29, 0.717) is 31.3 Å². The lowest BCUT2D eigenvalue weighted by Gasteiger charge is -2.68. The van der Waals surface area contributed by atoms with Crippen molar-refractivity contribution < 1.29 is 25.2 Å². The second-order valence-corrected chi connectivity index (χ2v) is 9.59. The van der Waals surface area contributed by atoms with Crippen LogP contribution in [0, 0.1) is 16.2 Å². The smallest absolute Gasteiger partial charge is 0.227 e. The largest absolute Gasteiger partial charge is 0.385 e. The summed E-state index contributed by atoms with van der Waals surface area (Å²) in [6.45, 7) is 9.70. The third kappa shape index (κ3) is 1.60. The second kappa shape index (κ2) is 4.57. The Morgan fingerprint density at radius 1 is 1.12 bits per heavy atom. The second-order valence-electron chi connectivity index (χ2n) is 9.59. The van der Waals surface area contributed by atoms with Crippen molar-refractivity contribution in [2.45, 2.75) is 76.0 Å². The normalized spacial score (nSPS) is 56.6. The van der Waals surface area contributed by atoms with E-state index >= 15 is 0 Å². The van der Waals surface area contributed by atoms with Gasteiger partial charge in [0.15, 0.2) is 0 Å². The Morgan fingerprint density at radius 2 is 1.80 bits per heavy atom. The molecule has 1 heterocycles. The quantitative estimate of drug-likeness (QED) is 0.540. The van der Waals surface area contributed by atoms with Gasteiger partial charge in [0.25, 0.3) is 0 Å². The third-order valence-electron chi connectivity index (χ3n) is 8.05. The molecule has 0 amide bonds. The van der Waals surface area contributed by atoms with Crippen molar-refractivity contribution in [1.82, 2.24) is 0 Å². The maximum absolute atomic E-state index is 11.9. The molecule has 4 aliphatic rings. The predicted octanol–water partition coefficient (Wildman–Crippen LogP) is 1.65. The Morgan fingerprint density at radius 3 is 2.44 bits per heavy atom. The average molecular weight is 350 g/mol. The molecule has 2 saturated carbocycles. The molecule has 140 valence electrons. The van der Waals surface area contributed by atoms with Gasteiger partial charge in [0.1, 0.15) is 11.7 Å². The summed E-state index contributed by atoms with van der Waals surface area (Å²) in [6.07, 6.45) is 5.31. The van der Waals surface area contributed by atoms with Crippen molar-refractivity contribution in [3.05, 3.63) is 24.3 Å². The molecule has 3 aliphatic carbocycles. The Balaban J connectivity index is 2.02. The highest BCUT2D eigenvalue weighted by Gasteiger charge is 2.86. The molecular weight excluding hydrogens is 320 g/mol. The van der Waals surface area contributed by atoms with E-state index < -0.39 is 33.9 Å². The summed E-state index contributed by atoms with van der Waals surface area (Å²) < 4.78 is 5.74. The molecule has 1 saturated heterocycles. The van der Waals surface area contributed by atoms with Gasteiger partial charge in [0, 0.05) is 5.41 Å². The molecule has 0 spiro atoms. The van der Waals surface area contributed by atoms with Crippen LogP contribution in [-0.4, -0.2) is 50.1 Å². The molecule has 4 N–H and O–H groups in total. The summed E-state index contributed by atoms with van der Waals surface area (Å²) in [5.41, 5.74) is -4.83. The Hall–Kier alpha value is -0.720. The minimum absolute atomic E-state index is 0.0408. The number of hydrogen-bond donors (Lipinski definition) is 4. The molecule has 1 aliphatic heterocycles. The minimum Gasteiger partial charge on any atom is -0.385 e. The van der Waals surface area contributed by atoms with Crippen LogP contribution >= 0.6 is 0 Å². The van der Waals surface area contributed by atoms with E-state index in [2.05, 4.69) is 6.58 Å². The monoisotopic (exact) mass is 350 g/mol. The highest BCUT2D eigenvalue weighted by Crippen LogP contribution is 2.73. The fourth-order valence-electron chi connectivity index (χ4n) is 6.42. The first kappa shape index (κ1) is 17.7. The molecule has 5 heteroatoms. The molecule has 0 aromatic rings. The van der Waals surface area contributed by atoms with Crippen molar-refractivity contribution in [3.8, 4) is 0 Å². The van der Waals surface area contributed by atoms with E-state index in [-0.39, 0.29) is 12.0 Å². The maximum Gasteiger partial charge on any atom is 0.227 e. The number of allylic oxidation sites excluding steroid dienone is 2. The molecule has 0 radical (unpaired) electrons. The zero-order valence-corrected chi connectivity index (χ0v) is 15.4. The minimum atomic E-state index is -2.12. The summed E-state index contributed by atoms with van der Waals surface area (Å²) in [4.78, 5) is 0. The van der Waals surface area contributed by atoms with Crippen LogP contribution in [0.4, 0.5) is 0 Å². The number of hydrogen-bond acceptors (Lipinski definition) is 5. The van der Waals surface area contributed by atoms with Crippen molar-refractivity contribution in [1.29, 1.82) is 0 Å². The maximum atomic E-state index is 11.9. The van der Waals surface area contributed by atoms with Gasteiger partial charge in [-0.05, 0) is 36.7 Å². The highest BCUT2D eigenvalue weighted by molar-refractivity contribution is 5.45. The Kier molecular flexibility index (Phi) is 3.23. The zero-order valence-electron chi connectivity index (χ0n) is 15.4. The molecule has 25 heavy (non-hydrogen) atoms. The molecule has 4 rings (SSSR count). The van der Waals surface area contributed by atoms with Crippen molar-refractivity contribution >= 4 is 0 Å². The first-order valence-corrected chi connectivity index (χ1v) is 9.29. The zero-order chi connectivity index (χ0) is 18.5. The molecule has 6 unspecified atom stereocenters. The van der Waals surface area contributed by atoms with Gasteiger partial charge in [-0.3, -0.25) is 0 Å². The van der Waals surface area contributed by atoms with E-state index in [0.717, 1.165) is 6.42 Å². The van der Waals surface area contributed by atoms with Crippen LogP contribution < -0.4 is 0 Å². The lowest BCUT2D eigenvalue weighted by molar-refractivity contribution is -0.366. The first-order chi connectivity index (χ1) is 11.4. The number of rotatable bonds is 1. The topological polar surface area (TPSA) is 90.2 Å². The van der Waals surface area contributed by atoms with Crippen LogP contribution in [0.1, 0.15) is 52.9 Å². The fourth-order valence-corrected chi connectivity index (χ4v) is 6.42. The SMILES string of the molecule is C=CC1(C)C=C2C(O)C3(O)OCC4(CCCC(C)(C)C34O)C2(O)CC1. The number of fused-ring (bicyclic) bond motifs is 1. The molecule has 2 bridgehead atoms. The molecule has 0 aromatic carbocycles. The van der Waals surface area contributed by atoms with Gasteiger partial charge in [-0.25, -0.2) is 0 Å². The van der Waals surface area contributed by atoms with Gasteiger partial charge < -0.3 is 25.2 Å². The standard InChI is InChI=1S/C20H30O5/c1-5-16(4)9-10-18(22)13(11-16)14(21)19(23)20(24)15(2,3)7-6-8-17(18,20)12-25-19/h5,11,14,21-24H,1,6-10,12H2,2-4H3. The fraction of sp³-hybridized carbons (Fsp3) is 0.800. The van der Waals surface area contributed by atoms with Crippen LogP contribution in [0.3, 0.4) is 0 Å². The lowest BCUT2D eigenvalue weighted by atomic mass is 9.40. The van der Waals surface area contributed by atoms with Gasteiger partial charge in [-0.2, -0.15) is 0 Å². The van der Waals surface area contributed by atoms with E-state index in [4.69, 9.17) is 4.74 Å². The van der Waals surface area contributed by atoms with Crippen LogP contribution in [0.15, 0.2) is 24.3 Å². The molecule has 3 fully saturated rings. The van der Waals surface area contributed by atoms with Gasteiger partial charge in [-0.15, -0.1) is 6.58 Å². The van der Waals surface area contributed by atoms with Gasteiger partial charge >= 0.3 is 0 Å². The van der Waals surface area contributed by atoms with E-state index in [9.17, 15) is 20.4 Å². The summed E-state index contributed by atoms with van der Waals surface area (Å²) in [6, 6.07) is 0. The average Bonchev–Trinajstić information content (AvgIpc) is 2.78. The number of ether oxygens (including phenoxy) is 1. The lowest BCUT2D eigenvalue weighted by Crippen LogP contribution is -2.81. The molecule has 0 aromatic heterocycles. The van der Waals surface area contributed by atoms with E-state index in [1.807, 2.05) is 32.9 Å². The van der Waals surface area contributed by atoms with Gasteiger partial charge in [-0.1, -0.05) is 39.3 Å². The Bertz CT molecular complexity index is 671. The van der Waals surface area contributed by atoms with Crippen LogP contribution in [0.2, 0.25) is 0 Å². The summed E-state index contributed by atoms with van der Waals surface area (Å²) in [5.74, 6) is -2.12. The number of aliphatic hydroxyl groups excluding tert-OH is 1. The Labute approximate surface area is 149 Å². The van der Waals surface area contributed by atoms with Crippen molar-refractivity contribution in [3.63, 3.8) is 0 Å². The van der Waals surface area contributed by atoms with Crippen molar-refractivity contribution in [2.75, 3.05) is 6.61 Å². The van der Waals surface area contributed by atoms with Gasteiger partial charge in [0.2, 0.25) is 5.79 Å². The first-order valence-electron chi connectivity index (χ1n) is 9.29. The third-order valence-corrected chi connectivity index (χ3v) is 8.05.